The highest BCUT2D eigenvalue weighted by molar-refractivity contribution is 7.12. The minimum absolute atomic E-state index is 0.322. The Hall–Kier alpha value is -2.01. The molecule has 20 heavy (non-hydrogen) atoms. The normalized spacial score (nSPS) is 10.9. The smallest absolute Gasteiger partial charge is 0.149 e. The predicted molar refractivity (Wildman–Crippen MR) is 80.5 cm³/mol. The monoisotopic (exact) mass is 287 g/mol. The summed E-state index contributed by atoms with van der Waals surface area (Å²) in [7, 11) is 0. The summed E-state index contributed by atoms with van der Waals surface area (Å²) in [6, 6.07) is 9.16. The fourth-order valence-electron chi connectivity index (χ4n) is 2.07. The summed E-state index contributed by atoms with van der Waals surface area (Å²) in [4.78, 5) is 10.8. The van der Waals surface area contributed by atoms with E-state index in [1.807, 2.05) is 6.07 Å². The zero-order valence-electron chi connectivity index (χ0n) is 11.1. The Morgan fingerprint density at radius 2 is 2.00 bits per heavy atom. The van der Waals surface area contributed by atoms with Gasteiger partial charge in [-0.1, -0.05) is 13.0 Å². The molecule has 0 aliphatic carbocycles. The summed E-state index contributed by atoms with van der Waals surface area (Å²) >= 11 is 1.78. The number of aryl methyl sites for hydroxylation is 1. The van der Waals surface area contributed by atoms with E-state index >= 15 is 0 Å². The number of fused-ring (bicyclic) bond motifs is 1. The number of aromatic nitrogens is 2. The van der Waals surface area contributed by atoms with Crippen LogP contribution in [0.15, 0.2) is 36.7 Å². The Bertz CT molecular complexity index is 739. The Kier molecular flexibility index (Phi) is 3.60. The molecule has 0 radical (unpaired) electrons. The van der Waals surface area contributed by atoms with Gasteiger partial charge in [0.15, 0.2) is 0 Å². The van der Waals surface area contributed by atoms with Gasteiger partial charge in [-0.3, -0.25) is 0 Å². The van der Waals surface area contributed by atoms with Gasteiger partial charge in [-0.05, 0) is 30.7 Å². The van der Waals surface area contributed by atoms with E-state index in [-0.39, 0.29) is 5.82 Å². The van der Waals surface area contributed by atoms with Crippen molar-refractivity contribution in [2.24, 2.45) is 0 Å². The predicted octanol–water partition coefficient (Wildman–Crippen LogP) is 4.00. The number of nitrogens with one attached hydrogen (secondary N) is 1. The van der Waals surface area contributed by atoms with Crippen LogP contribution in [0.25, 0.3) is 10.9 Å². The summed E-state index contributed by atoms with van der Waals surface area (Å²) in [6.45, 7) is 2.83. The molecule has 0 saturated carbocycles. The first-order chi connectivity index (χ1) is 9.78. The summed E-state index contributed by atoms with van der Waals surface area (Å²) in [6.07, 6.45) is 2.44. The van der Waals surface area contributed by atoms with Gasteiger partial charge in [-0.25, -0.2) is 14.4 Å². The number of benzene rings is 1. The van der Waals surface area contributed by atoms with Crippen LogP contribution < -0.4 is 5.32 Å². The molecule has 0 aliphatic heterocycles. The summed E-state index contributed by atoms with van der Waals surface area (Å²) in [5.41, 5.74) is 0.352. The van der Waals surface area contributed by atoms with Crippen molar-refractivity contribution in [3.63, 3.8) is 0 Å². The Morgan fingerprint density at radius 1 is 1.15 bits per heavy atom. The van der Waals surface area contributed by atoms with Crippen LogP contribution in [-0.2, 0) is 13.0 Å². The van der Waals surface area contributed by atoms with Crippen LogP contribution in [0.1, 0.15) is 16.7 Å². The number of rotatable bonds is 4. The minimum Gasteiger partial charge on any atom is -0.365 e. The first kappa shape index (κ1) is 13.0. The average molecular weight is 287 g/mol. The zero-order chi connectivity index (χ0) is 13.9. The second kappa shape index (κ2) is 5.54. The van der Waals surface area contributed by atoms with E-state index in [4.69, 9.17) is 0 Å². The lowest BCUT2D eigenvalue weighted by Crippen LogP contribution is -2.01. The van der Waals surface area contributed by atoms with E-state index in [0.717, 1.165) is 6.42 Å². The fraction of sp³-hybridized carbons (Fsp3) is 0.200. The maximum Gasteiger partial charge on any atom is 0.149 e. The standard InChI is InChI=1S/C15H14FN3S/c1-2-10-6-7-11(20-10)8-17-15-12-4-3-5-13(16)14(12)18-9-19-15/h3-7,9H,2,8H2,1H3,(H,17,18,19). The van der Waals surface area contributed by atoms with E-state index in [9.17, 15) is 4.39 Å². The van der Waals surface area contributed by atoms with Gasteiger partial charge in [-0.15, -0.1) is 11.3 Å². The van der Waals surface area contributed by atoms with E-state index in [2.05, 4.69) is 34.3 Å². The molecule has 3 nitrogen and oxygen atoms in total. The second-order valence-electron chi connectivity index (χ2n) is 4.43. The zero-order valence-corrected chi connectivity index (χ0v) is 11.9. The highest BCUT2D eigenvalue weighted by Crippen LogP contribution is 2.23. The van der Waals surface area contributed by atoms with Crippen LogP contribution in [0.3, 0.4) is 0 Å². The Labute approximate surface area is 120 Å². The molecule has 0 fully saturated rings. The maximum absolute atomic E-state index is 13.7. The Morgan fingerprint density at radius 3 is 2.80 bits per heavy atom. The van der Waals surface area contributed by atoms with Crippen LogP contribution in [0.5, 0.6) is 0 Å². The number of nitrogens with zero attached hydrogens (tertiary/aromatic N) is 2. The molecule has 102 valence electrons. The molecule has 3 rings (SSSR count). The number of hydrogen-bond donors (Lipinski definition) is 1. The molecular formula is C15H14FN3S. The second-order valence-corrected chi connectivity index (χ2v) is 5.69. The van der Waals surface area contributed by atoms with Gasteiger partial charge >= 0.3 is 0 Å². The SMILES string of the molecule is CCc1ccc(CNc2ncnc3c(F)cccc23)s1. The molecule has 0 unspecified atom stereocenters. The molecule has 0 amide bonds. The van der Waals surface area contributed by atoms with Gasteiger partial charge in [-0.2, -0.15) is 0 Å². The molecular weight excluding hydrogens is 273 g/mol. The third-order valence-electron chi connectivity index (χ3n) is 3.11. The van der Waals surface area contributed by atoms with Crippen LogP contribution in [-0.4, -0.2) is 9.97 Å². The van der Waals surface area contributed by atoms with Crippen LogP contribution in [0.2, 0.25) is 0 Å². The lowest BCUT2D eigenvalue weighted by atomic mass is 10.2. The minimum atomic E-state index is -0.322. The average Bonchev–Trinajstić information content (AvgIpc) is 2.94. The number of thiophene rings is 1. The number of anilines is 1. The van der Waals surface area contributed by atoms with E-state index in [1.54, 1.807) is 17.4 Å². The summed E-state index contributed by atoms with van der Waals surface area (Å²) in [5.74, 6) is 0.346. The lowest BCUT2D eigenvalue weighted by molar-refractivity contribution is 0.636. The van der Waals surface area contributed by atoms with Gasteiger partial charge in [0.1, 0.15) is 23.5 Å². The van der Waals surface area contributed by atoms with E-state index < -0.39 is 0 Å². The lowest BCUT2D eigenvalue weighted by Gasteiger charge is -2.07. The molecule has 0 atom stereocenters. The highest BCUT2D eigenvalue weighted by atomic mass is 32.1. The Balaban J connectivity index is 1.85. The van der Waals surface area contributed by atoms with Gasteiger partial charge < -0.3 is 5.32 Å². The third-order valence-corrected chi connectivity index (χ3v) is 4.34. The van der Waals surface area contributed by atoms with Crippen molar-refractivity contribution < 1.29 is 4.39 Å². The molecule has 1 aromatic carbocycles. The van der Waals surface area contributed by atoms with Crippen molar-refractivity contribution in [1.82, 2.24) is 9.97 Å². The van der Waals surface area contributed by atoms with Crippen molar-refractivity contribution in [3.05, 3.63) is 52.2 Å². The molecule has 0 bridgehead atoms. The molecule has 5 heteroatoms. The van der Waals surface area contributed by atoms with Gasteiger partial charge in [0.2, 0.25) is 0 Å². The molecule has 3 aromatic rings. The van der Waals surface area contributed by atoms with Crippen molar-refractivity contribution in [3.8, 4) is 0 Å². The molecule has 0 spiro atoms. The van der Waals surface area contributed by atoms with E-state index in [0.29, 0.717) is 23.3 Å². The fourth-order valence-corrected chi connectivity index (χ4v) is 2.97. The highest BCUT2D eigenvalue weighted by Gasteiger charge is 2.07. The summed E-state index contributed by atoms with van der Waals surface area (Å²) in [5, 5.41) is 3.97. The summed E-state index contributed by atoms with van der Waals surface area (Å²) < 4.78 is 13.7. The van der Waals surface area contributed by atoms with Crippen molar-refractivity contribution in [2.75, 3.05) is 5.32 Å². The van der Waals surface area contributed by atoms with Crippen molar-refractivity contribution >= 4 is 28.1 Å². The van der Waals surface area contributed by atoms with Crippen molar-refractivity contribution in [2.45, 2.75) is 19.9 Å². The van der Waals surface area contributed by atoms with Gasteiger partial charge in [0, 0.05) is 15.1 Å². The molecule has 1 N–H and O–H groups in total. The van der Waals surface area contributed by atoms with Gasteiger partial charge in [0.25, 0.3) is 0 Å². The van der Waals surface area contributed by atoms with Crippen LogP contribution >= 0.6 is 11.3 Å². The van der Waals surface area contributed by atoms with Gasteiger partial charge in [0.05, 0.1) is 6.54 Å². The first-order valence-corrected chi connectivity index (χ1v) is 7.30. The maximum atomic E-state index is 13.7. The molecule has 0 aliphatic rings. The molecule has 2 heterocycles. The van der Waals surface area contributed by atoms with Crippen molar-refractivity contribution in [1.29, 1.82) is 0 Å². The number of hydrogen-bond acceptors (Lipinski definition) is 4. The largest absolute Gasteiger partial charge is 0.365 e. The third kappa shape index (κ3) is 2.49. The topological polar surface area (TPSA) is 37.8 Å². The number of halogens is 1. The quantitative estimate of drug-likeness (QED) is 0.788. The first-order valence-electron chi connectivity index (χ1n) is 6.48. The van der Waals surface area contributed by atoms with Crippen LogP contribution in [0.4, 0.5) is 10.2 Å². The molecule has 0 saturated heterocycles. The molecule has 2 aromatic heterocycles. The number of para-hydroxylation sites is 1. The van der Waals surface area contributed by atoms with E-state index in [1.165, 1.54) is 22.1 Å². The van der Waals surface area contributed by atoms with Crippen LogP contribution in [0, 0.1) is 5.82 Å².